The largest absolute Gasteiger partial charge is 0.368 e. The van der Waals surface area contributed by atoms with Crippen LogP contribution in [0, 0.1) is 22.1 Å². The van der Waals surface area contributed by atoms with Gasteiger partial charge in [0.1, 0.15) is 21.7 Å². The highest BCUT2D eigenvalue weighted by Gasteiger charge is 2.28. The summed E-state index contributed by atoms with van der Waals surface area (Å²) in [5, 5.41) is 25.0. The standard InChI is InChI=1S/C26H23FN6O2S/c1-33-15-23-22(25(33)26(34)31-20-12-21(14-28)30-24(27)13-20)9-8-19(32-36(23,29)35)11-16-6-7-17-4-2-3-5-18(17)10-16/h2-10,12-13,15,19,26,34H,11H2,1H3,(H,30,31)(H2,29,32,35)/t19-,26?,36?/m0/s1. The summed E-state index contributed by atoms with van der Waals surface area (Å²) in [6.45, 7) is 0. The Morgan fingerprint density at radius 2 is 2.06 bits per heavy atom. The van der Waals surface area contributed by atoms with Crippen molar-refractivity contribution < 1.29 is 13.7 Å². The second-order valence-electron chi connectivity index (χ2n) is 8.65. The van der Waals surface area contributed by atoms with Gasteiger partial charge in [0.2, 0.25) is 5.95 Å². The molecule has 8 nitrogen and oxygen atoms in total. The minimum Gasteiger partial charge on any atom is -0.368 e. The fourth-order valence-electron chi connectivity index (χ4n) is 4.49. The number of anilines is 1. The Kier molecular flexibility index (Phi) is 6.05. The Bertz CT molecular complexity index is 1650. The molecule has 0 saturated carbocycles. The quantitative estimate of drug-likeness (QED) is 0.240. The van der Waals surface area contributed by atoms with Crippen molar-refractivity contribution in [2.24, 2.45) is 7.05 Å². The zero-order chi connectivity index (χ0) is 25.4. The van der Waals surface area contributed by atoms with Crippen molar-refractivity contribution in [3.05, 3.63) is 95.3 Å². The van der Waals surface area contributed by atoms with Crippen molar-refractivity contribution in [1.29, 1.82) is 10.0 Å². The molecule has 0 radical (unpaired) electrons. The third kappa shape index (κ3) is 4.59. The van der Waals surface area contributed by atoms with Crippen molar-refractivity contribution in [1.82, 2.24) is 14.3 Å². The van der Waals surface area contributed by atoms with Crippen molar-refractivity contribution in [2.75, 3.05) is 5.32 Å². The monoisotopic (exact) mass is 502 g/mol. The number of aryl methyl sites for hydroxylation is 1. The molecule has 1 aliphatic heterocycles. The van der Waals surface area contributed by atoms with E-state index < -0.39 is 22.1 Å². The average molecular weight is 503 g/mol. The minimum absolute atomic E-state index is 0.134. The molecule has 3 atom stereocenters. The van der Waals surface area contributed by atoms with E-state index in [2.05, 4.69) is 21.1 Å². The number of rotatable bonds is 5. The molecule has 0 aliphatic carbocycles. The van der Waals surface area contributed by atoms with Crippen LogP contribution in [0.1, 0.15) is 28.7 Å². The molecular weight excluding hydrogens is 479 g/mol. The number of nitriles is 1. The summed E-state index contributed by atoms with van der Waals surface area (Å²) in [4.78, 5) is 3.71. The zero-order valence-corrected chi connectivity index (χ0v) is 20.1. The Morgan fingerprint density at radius 1 is 1.28 bits per heavy atom. The van der Waals surface area contributed by atoms with Gasteiger partial charge in [-0.05, 0) is 28.8 Å². The van der Waals surface area contributed by atoms with Crippen LogP contribution in [0.4, 0.5) is 10.1 Å². The molecule has 5 rings (SSSR count). The first kappa shape index (κ1) is 23.7. The van der Waals surface area contributed by atoms with Crippen molar-refractivity contribution >= 4 is 32.5 Å². The first-order chi connectivity index (χ1) is 17.2. The molecule has 182 valence electrons. The predicted octanol–water partition coefficient (Wildman–Crippen LogP) is 4.24. The first-order valence-electron chi connectivity index (χ1n) is 11.2. The summed E-state index contributed by atoms with van der Waals surface area (Å²) in [7, 11) is -1.74. The van der Waals surface area contributed by atoms with Crippen LogP contribution >= 0.6 is 0 Å². The van der Waals surface area contributed by atoms with Crippen molar-refractivity contribution in [3.63, 3.8) is 0 Å². The molecule has 2 aromatic heterocycles. The summed E-state index contributed by atoms with van der Waals surface area (Å²) >= 11 is 0. The number of nitrogens with one attached hydrogen (secondary N) is 3. The van der Waals surface area contributed by atoms with Crippen molar-refractivity contribution in [3.8, 4) is 6.07 Å². The number of halogens is 1. The van der Waals surface area contributed by atoms with Gasteiger partial charge in [0.15, 0.2) is 6.23 Å². The highest BCUT2D eigenvalue weighted by Crippen LogP contribution is 2.32. The van der Waals surface area contributed by atoms with Gasteiger partial charge in [0.25, 0.3) is 0 Å². The van der Waals surface area contributed by atoms with Gasteiger partial charge >= 0.3 is 0 Å². The number of aliphatic hydroxyl groups is 1. The number of hydrogen-bond acceptors (Lipinski definition) is 6. The Labute approximate surface area is 207 Å². The minimum atomic E-state index is -3.40. The van der Waals surface area contributed by atoms with Crippen LogP contribution < -0.4 is 10.0 Å². The number of benzene rings is 2. The van der Waals surface area contributed by atoms with Gasteiger partial charge in [-0.2, -0.15) is 9.65 Å². The number of nitrogens with zero attached hydrogens (tertiary/aromatic N) is 3. The summed E-state index contributed by atoms with van der Waals surface area (Å²) in [6.07, 6.45) is 4.34. The van der Waals surface area contributed by atoms with E-state index in [1.165, 1.54) is 6.07 Å². The molecule has 1 aliphatic rings. The number of aromatic nitrogens is 2. The number of fused-ring (bicyclic) bond motifs is 2. The molecule has 2 aromatic carbocycles. The van der Waals surface area contributed by atoms with Crippen LogP contribution in [0.25, 0.3) is 16.8 Å². The van der Waals surface area contributed by atoms with E-state index in [1.807, 2.05) is 42.5 Å². The summed E-state index contributed by atoms with van der Waals surface area (Å²) in [5.74, 6) is -0.857. The Balaban J connectivity index is 1.45. The molecule has 0 fully saturated rings. The number of hydrogen-bond donors (Lipinski definition) is 4. The molecule has 0 spiro atoms. The van der Waals surface area contributed by atoms with E-state index >= 15 is 0 Å². The van der Waals surface area contributed by atoms with Crippen LogP contribution in [-0.4, -0.2) is 24.9 Å². The van der Waals surface area contributed by atoms with E-state index in [1.54, 1.807) is 30.0 Å². The molecule has 0 saturated heterocycles. The van der Waals surface area contributed by atoms with Crippen molar-refractivity contribution in [2.45, 2.75) is 23.6 Å². The second kappa shape index (κ2) is 9.20. The highest BCUT2D eigenvalue weighted by atomic mass is 32.2. The van der Waals surface area contributed by atoms with Gasteiger partial charge in [-0.3, -0.25) is 0 Å². The van der Waals surface area contributed by atoms with Crippen LogP contribution in [-0.2, 0) is 23.4 Å². The summed E-state index contributed by atoms with van der Waals surface area (Å²) < 4.78 is 40.3. The molecule has 10 heteroatoms. The molecule has 3 heterocycles. The molecule has 0 amide bonds. The predicted molar refractivity (Wildman–Crippen MR) is 136 cm³/mol. The zero-order valence-electron chi connectivity index (χ0n) is 19.3. The maximum absolute atomic E-state index is 13.8. The van der Waals surface area contributed by atoms with Crippen LogP contribution in [0.2, 0.25) is 0 Å². The lowest BCUT2D eigenvalue weighted by molar-refractivity contribution is 0.199. The summed E-state index contributed by atoms with van der Waals surface area (Å²) in [5.41, 5.74) is 1.86. The van der Waals surface area contributed by atoms with E-state index in [4.69, 9.17) is 10.0 Å². The topological polar surface area (TPSA) is 127 Å². The van der Waals surface area contributed by atoms with E-state index in [-0.39, 0.29) is 22.3 Å². The Morgan fingerprint density at radius 3 is 2.83 bits per heavy atom. The lowest BCUT2D eigenvalue weighted by Gasteiger charge is -2.17. The van der Waals surface area contributed by atoms with Gasteiger partial charge in [0.05, 0.1) is 10.6 Å². The maximum atomic E-state index is 13.8. The average Bonchev–Trinajstić information content (AvgIpc) is 3.13. The smallest absolute Gasteiger partial charge is 0.216 e. The van der Waals surface area contributed by atoms with Gasteiger partial charge in [-0.25, -0.2) is 18.7 Å². The van der Waals surface area contributed by atoms with E-state index in [0.717, 1.165) is 22.4 Å². The molecule has 4 aromatic rings. The van der Waals surface area contributed by atoms with E-state index in [9.17, 15) is 13.7 Å². The van der Waals surface area contributed by atoms with Gasteiger partial charge < -0.3 is 15.0 Å². The lowest BCUT2D eigenvalue weighted by Crippen LogP contribution is -2.33. The first-order valence-corrected chi connectivity index (χ1v) is 12.7. The third-order valence-corrected chi connectivity index (χ3v) is 7.67. The highest BCUT2D eigenvalue weighted by molar-refractivity contribution is 7.90. The van der Waals surface area contributed by atoms with Crippen LogP contribution in [0.3, 0.4) is 0 Å². The second-order valence-corrected chi connectivity index (χ2v) is 10.4. The third-order valence-electron chi connectivity index (χ3n) is 6.10. The van der Waals surface area contributed by atoms with Crippen LogP contribution in [0.5, 0.6) is 0 Å². The van der Waals surface area contributed by atoms with E-state index in [0.29, 0.717) is 17.7 Å². The van der Waals surface area contributed by atoms with Gasteiger partial charge in [0, 0.05) is 36.6 Å². The molecule has 0 bridgehead atoms. The van der Waals surface area contributed by atoms with Gasteiger partial charge in [-0.1, -0.05) is 54.6 Å². The SMILES string of the molecule is Cn1cc2c(c1C(O)Nc1cc(F)nc(C#N)c1)C=C[C@@H](Cc1ccc3ccccc3c1)NS2(=N)=O. The fourth-order valence-corrected chi connectivity index (χ4v) is 5.99. The van der Waals surface area contributed by atoms with Gasteiger partial charge in [-0.15, -0.1) is 0 Å². The maximum Gasteiger partial charge on any atom is 0.216 e. The molecule has 2 unspecified atom stereocenters. The summed E-state index contributed by atoms with van der Waals surface area (Å²) in [6, 6.07) is 18.0. The van der Waals surface area contributed by atoms with Crippen LogP contribution in [0.15, 0.2) is 71.8 Å². The normalized spacial score (nSPS) is 19.9. The number of aliphatic hydroxyl groups excluding tert-OH is 1. The Hall–Kier alpha value is -4.04. The fraction of sp³-hybridized carbons (Fsp3) is 0.154. The number of pyridine rings is 1. The molecule has 36 heavy (non-hydrogen) atoms. The molecular formula is C26H23FN6O2S. The lowest BCUT2D eigenvalue weighted by atomic mass is 10.0. The molecule has 4 N–H and O–H groups in total.